The van der Waals surface area contributed by atoms with Crippen LogP contribution in [0.2, 0.25) is 0 Å². The van der Waals surface area contributed by atoms with Crippen molar-refractivity contribution >= 4 is 31.5 Å². The maximum absolute atomic E-state index is 11.8. The number of hydrogen-bond acceptors (Lipinski definition) is 6. The summed E-state index contributed by atoms with van der Waals surface area (Å²) < 4.78 is 27.0. The van der Waals surface area contributed by atoms with Crippen molar-refractivity contribution in [1.29, 1.82) is 5.26 Å². The second kappa shape index (κ2) is 4.83. The largest absolute Gasteiger partial charge is 0.336 e. The molecule has 19 heavy (non-hydrogen) atoms. The van der Waals surface area contributed by atoms with Gasteiger partial charge in [0.15, 0.2) is 0 Å². The molecule has 2 rings (SSSR count). The van der Waals surface area contributed by atoms with E-state index in [0.717, 1.165) is 0 Å². The minimum absolute atomic E-state index is 0.0521. The van der Waals surface area contributed by atoms with Gasteiger partial charge in [-0.2, -0.15) is 5.26 Å². The molecule has 7 nitrogen and oxygen atoms in total. The molecule has 1 aromatic heterocycles. The molecule has 1 fully saturated rings. The molecule has 1 aliphatic rings. The molecule has 0 radical (unpaired) electrons. The lowest BCUT2D eigenvalue weighted by Crippen LogP contribution is -2.25. The van der Waals surface area contributed by atoms with Crippen LogP contribution in [-0.4, -0.2) is 31.8 Å². The third kappa shape index (κ3) is 2.88. The summed E-state index contributed by atoms with van der Waals surface area (Å²) in [6, 6.07) is 1.91. The molecular formula is C10H10ClN3O4S. The summed E-state index contributed by atoms with van der Waals surface area (Å²) >= 11 is 0. The maximum Gasteiger partial charge on any atom is 0.252 e. The Bertz CT molecular complexity index is 661. The molecule has 1 aromatic rings. The third-order valence-corrected chi connectivity index (χ3v) is 4.09. The number of nitrogens with zero attached hydrogens (tertiary/aromatic N) is 3. The quantitative estimate of drug-likeness (QED) is 0.764. The van der Waals surface area contributed by atoms with E-state index >= 15 is 0 Å². The lowest BCUT2D eigenvalue weighted by molar-refractivity contribution is -0.117. The Labute approximate surface area is 114 Å². The summed E-state index contributed by atoms with van der Waals surface area (Å²) in [5.74, 6) is -0.935. The van der Waals surface area contributed by atoms with E-state index < -0.39 is 15.0 Å². The van der Waals surface area contributed by atoms with Crippen LogP contribution in [0.1, 0.15) is 17.7 Å². The van der Waals surface area contributed by atoms with Gasteiger partial charge in [-0.3, -0.25) is 9.69 Å². The highest BCUT2D eigenvalue weighted by Crippen LogP contribution is 2.30. The van der Waals surface area contributed by atoms with Crippen molar-refractivity contribution in [2.45, 2.75) is 13.3 Å². The fourth-order valence-electron chi connectivity index (χ4n) is 2.04. The fraction of sp³-hybridized carbons (Fsp3) is 0.500. The Morgan fingerprint density at radius 3 is 2.89 bits per heavy atom. The Kier molecular flexibility index (Phi) is 3.52. The van der Waals surface area contributed by atoms with Crippen LogP contribution >= 0.6 is 10.7 Å². The molecule has 1 atom stereocenters. The lowest BCUT2D eigenvalue weighted by atomic mass is 10.1. The minimum atomic E-state index is -3.66. The number of nitriles is 1. The number of carbonyl (C=O) groups excluding carboxylic acids is 1. The van der Waals surface area contributed by atoms with Crippen molar-refractivity contribution in [2.75, 3.05) is 17.2 Å². The van der Waals surface area contributed by atoms with Crippen molar-refractivity contribution in [2.24, 2.45) is 5.92 Å². The average molecular weight is 304 g/mol. The van der Waals surface area contributed by atoms with Crippen LogP contribution in [-0.2, 0) is 13.8 Å². The van der Waals surface area contributed by atoms with Gasteiger partial charge in [-0.25, -0.2) is 8.42 Å². The standard InChI is InChI=1S/C10H10ClN3O4S/c1-6-8(3-12)10(18-13-6)14-4-7(2-9(14)15)5-19(11,16)17/h7H,2,4-5H2,1H3. The van der Waals surface area contributed by atoms with Gasteiger partial charge in [-0.1, -0.05) is 5.16 Å². The van der Waals surface area contributed by atoms with Gasteiger partial charge in [0.25, 0.3) is 5.88 Å². The number of halogens is 1. The fourth-order valence-corrected chi connectivity index (χ4v) is 3.36. The van der Waals surface area contributed by atoms with Crippen LogP contribution in [0.4, 0.5) is 5.88 Å². The zero-order valence-electron chi connectivity index (χ0n) is 9.96. The van der Waals surface area contributed by atoms with Gasteiger partial charge in [-0.15, -0.1) is 0 Å². The second-order valence-corrected chi connectivity index (χ2v) is 7.16. The molecule has 2 heterocycles. The SMILES string of the molecule is Cc1noc(N2CC(CS(=O)(=O)Cl)CC2=O)c1C#N. The highest BCUT2D eigenvalue weighted by atomic mass is 35.7. The Balaban J connectivity index is 2.23. The van der Waals surface area contributed by atoms with Crippen molar-refractivity contribution in [3.63, 3.8) is 0 Å². The van der Waals surface area contributed by atoms with Gasteiger partial charge in [0.1, 0.15) is 17.3 Å². The van der Waals surface area contributed by atoms with Crippen LogP contribution in [0, 0.1) is 24.2 Å². The van der Waals surface area contributed by atoms with Crippen LogP contribution in [0.3, 0.4) is 0 Å². The van der Waals surface area contributed by atoms with E-state index in [4.69, 9.17) is 20.5 Å². The van der Waals surface area contributed by atoms with E-state index in [1.807, 2.05) is 6.07 Å². The Morgan fingerprint density at radius 2 is 2.32 bits per heavy atom. The highest BCUT2D eigenvalue weighted by molar-refractivity contribution is 8.13. The molecule has 1 saturated heterocycles. The lowest BCUT2D eigenvalue weighted by Gasteiger charge is -2.12. The van der Waals surface area contributed by atoms with Crippen LogP contribution in [0.5, 0.6) is 0 Å². The van der Waals surface area contributed by atoms with E-state index in [1.54, 1.807) is 6.92 Å². The number of carbonyl (C=O) groups is 1. The molecule has 0 spiro atoms. The van der Waals surface area contributed by atoms with Gasteiger partial charge in [0.05, 0.1) is 5.75 Å². The molecule has 0 saturated carbocycles. The van der Waals surface area contributed by atoms with Crippen LogP contribution in [0.25, 0.3) is 0 Å². The molecule has 1 amide bonds. The summed E-state index contributed by atoms with van der Waals surface area (Å²) in [7, 11) is 1.51. The Morgan fingerprint density at radius 1 is 1.63 bits per heavy atom. The summed E-state index contributed by atoms with van der Waals surface area (Å²) in [6.07, 6.45) is 0.0521. The summed E-state index contributed by atoms with van der Waals surface area (Å²) in [4.78, 5) is 13.1. The number of aromatic nitrogens is 1. The summed E-state index contributed by atoms with van der Waals surface area (Å²) in [6.45, 7) is 1.74. The monoisotopic (exact) mass is 303 g/mol. The molecule has 1 unspecified atom stereocenters. The van der Waals surface area contributed by atoms with Crippen molar-refractivity contribution in [3.8, 4) is 6.07 Å². The molecule has 9 heteroatoms. The first-order chi connectivity index (χ1) is 8.81. The maximum atomic E-state index is 11.8. The zero-order valence-corrected chi connectivity index (χ0v) is 11.5. The van der Waals surface area contributed by atoms with Crippen LogP contribution in [0.15, 0.2) is 4.52 Å². The molecule has 102 valence electrons. The van der Waals surface area contributed by atoms with Gasteiger partial charge < -0.3 is 4.52 Å². The number of aryl methyl sites for hydroxylation is 1. The molecule has 0 bridgehead atoms. The second-order valence-electron chi connectivity index (χ2n) is 4.34. The molecular weight excluding hydrogens is 294 g/mol. The number of rotatable bonds is 3. The van der Waals surface area contributed by atoms with Crippen molar-refractivity contribution < 1.29 is 17.7 Å². The molecule has 0 aliphatic carbocycles. The van der Waals surface area contributed by atoms with Crippen LogP contribution < -0.4 is 4.90 Å². The van der Waals surface area contributed by atoms with Crippen molar-refractivity contribution in [3.05, 3.63) is 11.3 Å². The van der Waals surface area contributed by atoms with E-state index in [1.165, 1.54) is 4.90 Å². The van der Waals surface area contributed by atoms with Gasteiger partial charge in [0, 0.05) is 29.6 Å². The topological polar surface area (TPSA) is 104 Å². The van der Waals surface area contributed by atoms with Gasteiger partial charge >= 0.3 is 0 Å². The summed E-state index contributed by atoms with van der Waals surface area (Å²) in [5, 5.41) is 12.6. The van der Waals surface area contributed by atoms with E-state index in [9.17, 15) is 13.2 Å². The van der Waals surface area contributed by atoms with E-state index in [2.05, 4.69) is 5.16 Å². The number of amides is 1. The Hall–Kier alpha value is -1.59. The number of anilines is 1. The third-order valence-electron chi connectivity index (χ3n) is 2.84. The normalized spacial score (nSPS) is 19.7. The smallest absolute Gasteiger partial charge is 0.252 e. The summed E-state index contributed by atoms with van der Waals surface area (Å²) in [5.41, 5.74) is 0.571. The van der Waals surface area contributed by atoms with Crippen molar-refractivity contribution in [1.82, 2.24) is 5.16 Å². The van der Waals surface area contributed by atoms with Gasteiger partial charge in [-0.05, 0) is 6.92 Å². The highest BCUT2D eigenvalue weighted by Gasteiger charge is 2.36. The predicted molar refractivity (Wildman–Crippen MR) is 66.1 cm³/mol. The van der Waals surface area contributed by atoms with E-state index in [0.29, 0.717) is 5.69 Å². The predicted octanol–water partition coefficient (Wildman–Crippen LogP) is 0.776. The van der Waals surface area contributed by atoms with Gasteiger partial charge in [0.2, 0.25) is 15.0 Å². The number of hydrogen-bond donors (Lipinski definition) is 0. The minimum Gasteiger partial charge on any atom is -0.336 e. The first-order valence-electron chi connectivity index (χ1n) is 5.41. The van der Waals surface area contributed by atoms with E-state index in [-0.39, 0.29) is 36.1 Å². The average Bonchev–Trinajstić information content (AvgIpc) is 2.79. The molecule has 1 aliphatic heterocycles. The first kappa shape index (κ1) is 13.8. The first-order valence-corrected chi connectivity index (χ1v) is 7.88. The molecule has 0 N–H and O–H groups in total. The molecule has 0 aromatic carbocycles. The zero-order chi connectivity index (χ0) is 14.2.